The van der Waals surface area contributed by atoms with Gasteiger partial charge in [0, 0.05) is 30.6 Å². The molecule has 0 saturated carbocycles. The smallest absolute Gasteiger partial charge is 0.434 e. The average molecular weight is 516 g/mol. The van der Waals surface area contributed by atoms with E-state index in [1.807, 2.05) is 12.1 Å². The minimum atomic E-state index is -4.43. The molecule has 0 fully saturated rings. The number of alkyl halides is 3. The molecule has 1 aromatic heterocycles. The van der Waals surface area contributed by atoms with Crippen LogP contribution in [0.15, 0.2) is 28.6 Å². The van der Waals surface area contributed by atoms with E-state index in [2.05, 4.69) is 20.6 Å². The van der Waals surface area contributed by atoms with Crippen LogP contribution >= 0.6 is 35.3 Å². The van der Waals surface area contributed by atoms with Gasteiger partial charge in [0.05, 0.1) is 20.8 Å². The van der Waals surface area contributed by atoms with E-state index >= 15 is 0 Å². The highest BCUT2D eigenvalue weighted by Gasteiger charge is 2.33. The molecule has 2 aromatic rings. The summed E-state index contributed by atoms with van der Waals surface area (Å²) in [7, 11) is 4.71. The van der Waals surface area contributed by atoms with E-state index in [1.165, 1.54) is 0 Å². The number of nitrogens with zero attached hydrogens (tertiary/aromatic N) is 2. The van der Waals surface area contributed by atoms with Crippen molar-refractivity contribution in [3.8, 4) is 11.5 Å². The Morgan fingerprint density at radius 1 is 1.19 bits per heavy atom. The number of guanidine groups is 1. The molecule has 0 aliphatic carbocycles. The number of aromatic nitrogens is 1. The standard InChI is InChI=1S/C16H19F3N4O2S.HI/c1-20-15(22-8-14-23-13(9-26-14)16(17,18)19)21-7-10-4-5-11(24-2)6-12(10)25-3;/h4-6,9H,7-8H2,1-3H3,(H2,20,21,22);1H. The van der Waals surface area contributed by atoms with Gasteiger partial charge in [0.15, 0.2) is 11.7 Å². The predicted molar refractivity (Wildman–Crippen MR) is 109 cm³/mol. The van der Waals surface area contributed by atoms with E-state index in [1.54, 1.807) is 27.3 Å². The molecule has 1 aromatic carbocycles. The van der Waals surface area contributed by atoms with Gasteiger partial charge in [-0.05, 0) is 12.1 Å². The molecule has 0 radical (unpaired) electrons. The molecule has 0 unspecified atom stereocenters. The maximum atomic E-state index is 12.6. The number of halogens is 4. The summed E-state index contributed by atoms with van der Waals surface area (Å²) in [5.41, 5.74) is -0.00456. The zero-order chi connectivity index (χ0) is 19.2. The van der Waals surface area contributed by atoms with Gasteiger partial charge < -0.3 is 20.1 Å². The lowest BCUT2D eigenvalue weighted by atomic mass is 10.2. The molecule has 0 aliphatic rings. The fourth-order valence-electron chi connectivity index (χ4n) is 2.08. The first-order valence-electron chi connectivity index (χ1n) is 7.54. The van der Waals surface area contributed by atoms with Crippen LogP contribution in [0, 0.1) is 0 Å². The van der Waals surface area contributed by atoms with E-state index in [9.17, 15) is 13.2 Å². The second-order valence-corrected chi connectivity index (χ2v) is 6.02. The minimum Gasteiger partial charge on any atom is -0.497 e. The van der Waals surface area contributed by atoms with Gasteiger partial charge in [-0.15, -0.1) is 35.3 Å². The van der Waals surface area contributed by atoms with Crippen LogP contribution in [0.1, 0.15) is 16.3 Å². The van der Waals surface area contributed by atoms with Crippen molar-refractivity contribution in [2.24, 2.45) is 4.99 Å². The van der Waals surface area contributed by atoms with Crippen LogP contribution in [0.25, 0.3) is 0 Å². The highest BCUT2D eigenvalue weighted by atomic mass is 127. The molecule has 0 aliphatic heterocycles. The van der Waals surface area contributed by atoms with Gasteiger partial charge >= 0.3 is 6.18 Å². The van der Waals surface area contributed by atoms with Crippen molar-refractivity contribution in [1.29, 1.82) is 0 Å². The molecular formula is C16H20F3IN4O2S. The number of methoxy groups -OCH3 is 2. The van der Waals surface area contributed by atoms with Crippen molar-refractivity contribution < 1.29 is 22.6 Å². The fourth-order valence-corrected chi connectivity index (χ4v) is 2.82. The molecule has 2 N–H and O–H groups in total. The number of benzene rings is 1. The Hall–Kier alpha value is -1.76. The van der Waals surface area contributed by atoms with Gasteiger partial charge in [0.2, 0.25) is 0 Å². The van der Waals surface area contributed by atoms with Gasteiger partial charge in [-0.2, -0.15) is 13.2 Å². The van der Waals surface area contributed by atoms with E-state index in [-0.39, 0.29) is 30.5 Å². The first-order chi connectivity index (χ1) is 12.4. The van der Waals surface area contributed by atoms with Crippen LogP contribution < -0.4 is 20.1 Å². The van der Waals surface area contributed by atoms with Crippen LogP contribution in [0.4, 0.5) is 13.2 Å². The molecule has 0 spiro atoms. The zero-order valence-electron chi connectivity index (χ0n) is 14.9. The van der Waals surface area contributed by atoms with Gasteiger partial charge in [0.1, 0.15) is 16.5 Å². The summed E-state index contributed by atoms with van der Waals surface area (Å²) in [6, 6.07) is 5.43. The fraction of sp³-hybridized carbons (Fsp3) is 0.375. The summed E-state index contributed by atoms with van der Waals surface area (Å²) >= 11 is 0.943. The highest BCUT2D eigenvalue weighted by Crippen LogP contribution is 2.30. The lowest BCUT2D eigenvalue weighted by molar-refractivity contribution is -0.140. The summed E-state index contributed by atoms with van der Waals surface area (Å²) in [6.07, 6.45) is -4.43. The lowest BCUT2D eigenvalue weighted by Gasteiger charge is -2.14. The summed E-state index contributed by atoms with van der Waals surface area (Å²) in [4.78, 5) is 7.61. The maximum absolute atomic E-state index is 12.6. The quantitative estimate of drug-likeness (QED) is 0.349. The first-order valence-corrected chi connectivity index (χ1v) is 8.42. The number of hydrogen-bond donors (Lipinski definition) is 2. The number of hydrogen-bond acceptors (Lipinski definition) is 5. The SMILES string of the molecule is CN=C(NCc1nc(C(F)(F)F)cs1)NCc1ccc(OC)cc1OC.I. The molecule has 1 heterocycles. The Kier molecular flexibility index (Phi) is 9.09. The van der Waals surface area contributed by atoms with Crippen LogP contribution in [0.3, 0.4) is 0 Å². The van der Waals surface area contributed by atoms with Gasteiger partial charge in [-0.25, -0.2) is 4.98 Å². The van der Waals surface area contributed by atoms with Crippen LogP contribution in [0.2, 0.25) is 0 Å². The monoisotopic (exact) mass is 516 g/mol. The Morgan fingerprint density at radius 2 is 1.89 bits per heavy atom. The first kappa shape index (κ1) is 23.3. The maximum Gasteiger partial charge on any atom is 0.434 e. The molecular weight excluding hydrogens is 496 g/mol. The molecule has 2 rings (SSSR count). The topological polar surface area (TPSA) is 67.8 Å². The molecule has 0 bridgehead atoms. The van der Waals surface area contributed by atoms with Gasteiger partial charge in [-0.1, -0.05) is 0 Å². The van der Waals surface area contributed by atoms with Crippen molar-refractivity contribution in [2.75, 3.05) is 21.3 Å². The largest absolute Gasteiger partial charge is 0.497 e. The van der Waals surface area contributed by atoms with E-state index < -0.39 is 11.9 Å². The molecule has 0 atom stereocenters. The average Bonchev–Trinajstić information content (AvgIpc) is 3.11. The summed E-state index contributed by atoms with van der Waals surface area (Å²) in [6.45, 7) is 0.554. The Morgan fingerprint density at radius 3 is 2.44 bits per heavy atom. The third-order valence-corrected chi connectivity index (χ3v) is 4.26. The summed E-state index contributed by atoms with van der Waals surface area (Å²) < 4.78 is 48.2. The molecule has 0 saturated heterocycles. The third kappa shape index (κ3) is 6.72. The van der Waals surface area contributed by atoms with Crippen LogP contribution in [-0.2, 0) is 19.3 Å². The Bertz CT molecular complexity index is 768. The zero-order valence-corrected chi connectivity index (χ0v) is 18.0. The van der Waals surface area contributed by atoms with Crippen molar-refractivity contribution >= 4 is 41.3 Å². The van der Waals surface area contributed by atoms with E-state index in [0.29, 0.717) is 29.0 Å². The summed E-state index contributed by atoms with van der Waals surface area (Å²) in [5, 5.41) is 7.33. The highest BCUT2D eigenvalue weighted by molar-refractivity contribution is 14.0. The minimum absolute atomic E-state index is 0. The van der Waals surface area contributed by atoms with Crippen molar-refractivity contribution in [2.45, 2.75) is 19.3 Å². The second-order valence-electron chi connectivity index (χ2n) is 5.08. The number of thiazole rings is 1. The Labute approximate surface area is 176 Å². The van der Waals surface area contributed by atoms with E-state index in [0.717, 1.165) is 22.3 Å². The summed E-state index contributed by atoms with van der Waals surface area (Å²) in [5.74, 6) is 1.77. The number of ether oxygens (including phenoxy) is 2. The number of rotatable bonds is 6. The Balaban J connectivity index is 0.00000364. The third-order valence-electron chi connectivity index (χ3n) is 3.41. The molecule has 0 amide bonds. The molecule has 150 valence electrons. The molecule has 27 heavy (non-hydrogen) atoms. The normalized spacial score (nSPS) is 11.6. The van der Waals surface area contributed by atoms with Crippen LogP contribution in [0.5, 0.6) is 11.5 Å². The predicted octanol–water partition coefficient (Wildman–Crippen LogP) is 3.66. The van der Waals surface area contributed by atoms with Gasteiger partial charge in [-0.3, -0.25) is 4.99 Å². The van der Waals surface area contributed by atoms with E-state index in [4.69, 9.17) is 9.47 Å². The lowest BCUT2D eigenvalue weighted by Crippen LogP contribution is -2.36. The van der Waals surface area contributed by atoms with Gasteiger partial charge in [0.25, 0.3) is 0 Å². The molecule has 6 nitrogen and oxygen atoms in total. The number of aliphatic imine (C=N–C) groups is 1. The second kappa shape index (κ2) is 10.5. The van der Waals surface area contributed by atoms with Crippen LogP contribution in [-0.4, -0.2) is 32.2 Å². The van der Waals surface area contributed by atoms with Crippen molar-refractivity contribution in [3.63, 3.8) is 0 Å². The number of nitrogens with one attached hydrogen (secondary N) is 2. The van der Waals surface area contributed by atoms with Crippen molar-refractivity contribution in [1.82, 2.24) is 15.6 Å². The van der Waals surface area contributed by atoms with Crippen molar-refractivity contribution in [3.05, 3.63) is 39.8 Å². The molecule has 11 heteroatoms.